The summed E-state index contributed by atoms with van der Waals surface area (Å²) < 4.78 is 81.9. The van der Waals surface area contributed by atoms with Crippen molar-refractivity contribution in [2.75, 3.05) is 26.7 Å². The Morgan fingerprint density at radius 1 is 0.881 bits per heavy atom. The van der Waals surface area contributed by atoms with Crippen molar-refractivity contribution in [3.63, 3.8) is 0 Å². The molecule has 1 aliphatic heterocycles. The highest BCUT2D eigenvalue weighted by Gasteiger charge is 2.58. The summed E-state index contributed by atoms with van der Waals surface area (Å²) in [5, 5.41) is 0. The lowest BCUT2D eigenvalue weighted by Gasteiger charge is -2.45. The Hall–Kier alpha value is -1.50. The molecule has 4 aliphatic rings. The van der Waals surface area contributed by atoms with Gasteiger partial charge in [-0.2, -0.15) is 26.3 Å². The standard InChI is InChI=1S/C32H49F6N3O/c1-39-30(25-15-7-4-8-16-25)18-21-41(22-19-30)28(24-11-5-3-6-12-24)29(42)40(2)20-10-14-23-13-9-17-26(31(33,34)35)27(23)32(36,37)38/h23-28H,3-22H2,2H3. The normalized spacial score (nSPS) is 29.5. The number of rotatable bonds is 8. The molecule has 240 valence electrons. The first-order valence-corrected chi connectivity index (χ1v) is 16.4. The van der Waals surface area contributed by atoms with Crippen LogP contribution in [-0.2, 0) is 4.79 Å². The van der Waals surface area contributed by atoms with Gasteiger partial charge in [-0.15, -0.1) is 0 Å². The second-order valence-corrected chi connectivity index (χ2v) is 13.7. The number of hydrogen-bond acceptors (Lipinski definition) is 2. The van der Waals surface area contributed by atoms with Crippen molar-refractivity contribution in [1.82, 2.24) is 9.80 Å². The minimum atomic E-state index is -4.90. The van der Waals surface area contributed by atoms with Crippen molar-refractivity contribution < 1.29 is 31.1 Å². The lowest BCUT2D eigenvalue weighted by Crippen LogP contribution is -2.57. The molecule has 4 atom stereocenters. The van der Waals surface area contributed by atoms with Gasteiger partial charge in [-0.1, -0.05) is 44.9 Å². The van der Waals surface area contributed by atoms with E-state index in [9.17, 15) is 31.1 Å². The summed E-state index contributed by atoms with van der Waals surface area (Å²) in [5.74, 6) is -5.19. The largest absolute Gasteiger partial charge is 0.392 e. The number of piperidine rings is 1. The van der Waals surface area contributed by atoms with Crippen molar-refractivity contribution >= 4 is 5.91 Å². The summed E-state index contributed by atoms with van der Waals surface area (Å²) in [5.41, 5.74) is -0.341. The van der Waals surface area contributed by atoms with Crippen molar-refractivity contribution in [3.8, 4) is 0 Å². The van der Waals surface area contributed by atoms with E-state index in [0.717, 1.165) is 57.8 Å². The van der Waals surface area contributed by atoms with E-state index in [-0.39, 0.29) is 55.6 Å². The van der Waals surface area contributed by atoms with E-state index in [1.54, 1.807) is 11.9 Å². The van der Waals surface area contributed by atoms with Crippen LogP contribution in [0, 0.1) is 36.2 Å². The highest BCUT2D eigenvalue weighted by molar-refractivity contribution is 5.82. The molecule has 42 heavy (non-hydrogen) atoms. The topological polar surface area (TPSA) is 27.9 Å². The van der Waals surface area contributed by atoms with E-state index in [1.807, 2.05) is 0 Å². The van der Waals surface area contributed by atoms with Gasteiger partial charge in [0.15, 0.2) is 0 Å². The molecular formula is C32H49F6N3O. The number of nitrogens with zero attached hydrogens (tertiary/aromatic N) is 3. The van der Waals surface area contributed by atoms with Crippen LogP contribution >= 0.6 is 0 Å². The van der Waals surface area contributed by atoms with E-state index in [1.165, 1.54) is 19.3 Å². The number of carbonyl (C=O) groups is 1. The van der Waals surface area contributed by atoms with E-state index in [2.05, 4.69) is 9.74 Å². The number of alkyl halides is 6. The zero-order chi connectivity index (χ0) is 30.5. The van der Waals surface area contributed by atoms with Crippen LogP contribution in [-0.4, -0.2) is 66.3 Å². The van der Waals surface area contributed by atoms with E-state index >= 15 is 0 Å². The molecule has 0 spiro atoms. The molecule has 4 unspecified atom stereocenters. The summed E-state index contributed by atoms with van der Waals surface area (Å²) in [6, 6.07) is -0.308. The molecule has 0 radical (unpaired) electrons. The third kappa shape index (κ3) is 7.77. The quantitative estimate of drug-likeness (QED) is 0.205. The number of likely N-dealkylation sites (tertiary alicyclic amines) is 1. The van der Waals surface area contributed by atoms with Gasteiger partial charge in [0.05, 0.1) is 17.9 Å². The Balaban J connectivity index is 1.39. The first-order chi connectivity index (χ1) is 19.9. The van der Waals surface area contributed by atoms with Crippen LogP contribution in [0.4, 0.5) is 26.3 Å². The Bertz CT molecular complexity index is 911. The Morgan fingerprint density at radius 3 is 2.02 bits per heavy atom. The fraction of sp³-hybridized carbons (Fsp3) is 0.938. The number of halogens is 6. The molecule has 4 rings (SSSR count). The first kappa shape index (κ1) is 33.4. The van der Waals surface area contributed by atoms with E-state index in [0.29, 0.717) is 19.0 Å². The number of carbonyl (C=O) groups excluding carboxylic acids is 1. The highest BCUT2D eigenvalue weighted by Crippen LogP contribution is 2.52. The van der Waals surface area contributed by atoms with Gasteiger partial charge in [-0.3, -0.25) is 9.69 Å². The second kappa shape index (κ2) is 14.1. The van der Waals surface area contributed by atoms with Crippen LogP contribution in [0.3, 0.4) is 0 Å². The fourth-order valence-corrected chi connectivity index (χ4v) is 8.95. The van der Waals surface area contributed by atoms with Gasteiger partial charge >= 0.3 is 12.4 Å². The van der Waals surface area contributed by atoms with Crippen LogP contribution in [0.25, 0.3) is 4.85 Å². The Kier molecular flexibility index (Phi) is 11.2. The molecule has 0 aromatic rings. The van der Waals surface area contributed by atoms with Gasteiger partial charge in [0.25, 0.3) is 0 Å². The van der Waals surface area contributed by atoms with E-state index in [4.69, 9.17) is 6.57 Å². The smallest absolute Gasteiger partial charge is 0.344 e. The molecule has 0 bridgehead atoms. The third-order valence-electron chi connectivity index (χ3n) is 11.3. The van der Waals surface area contributed by atoms with Crippen LogP contribution in [0.2, 0.25) is 0 Å². The fourth-order valence-electron chi connectivity index (χ4n) is 8.95. The summed E-state index contributed by atoms with van der Waals surface area (Å²) in [6.07, 6.45) is 2.89. The predicted octanol–water partition coefficient (Wildman–Crippen LogP) is 8.67. The van der Waals surface area contributed by atoms with Crippen LogP contribution in [0.15, 0.2) is 0 Å². The summed E-state index contributed by atoms with van der Waals surface area (Å²) in [6.45, 7) is 9.70. The predicted molar refractivity (Wildman–Crippen MR) is 150 cm³/mol. The molecule has 1 amide bonds. The summed E-state index contributed by atoms with van der Waals surface area (Å²) >= 11 is 0. The SMILES string of the molecule is [C-]#[N+]C1(C2CCCCC2)CCN(C(C(=O)N(C)CCCC2CCCC(C(F)(F)F)C2C(F)(F)F)C2CCCCC2)CC1. The molecular weight excluding hydrogens is 556 g/mol. The molecule has 1 heterocycles. The first-order valence-electron chi connectivity index (χ1n) is 16.4. The lowest BCUT2D eigenvalue weighted by molar-refractivity contribution is -0.275. The average molecular weight is 606 g/mol. The molecule has 3 saturated carbocycles. The maximum absolute atomic E-state index is 14.0. The molecule has 4 fully saturated rings. The third-order valence-corrected chi connectivity index (χ3v) is 11.3. The zero-order valence-electron chi connectivity index (χ0n) is 25.1. The lowest BCUT2D eigenvalue weighted by atomic mass is 9.69. The van der Waals surface area contributed by atoms with Crippen LogP contribution in [0.1, 0.15) is 109 Å². The van der Waals surface area contributed by atoms with Crippen molar-refractivity contribution in [2.45, 2.75) is 133 Å². The molecule has 1 saturated heterocycles. The molecule has 0 aromatic carbocycles. The van der Waals surface area contributed by atoms with Gasteiger partial charge in [0.1, 0.15) is 0 Å². The summed E-state index contributed by atoms with van der Waals surface area (Å²) in [4.78, 5) is 22.0. The number of amides is 1. The Labute approximate surface area is 247 Å². The Morgan fingerprint density at radius 2 is 1.48 bits per heavy atom. The van der Waals surface area contributed by atoms with Gasteiger partial charge in [-0.25, -0.2) is 6.57 Å². The molecule has 0 aromatic heterocycles. The van der Waals surface area contributed by atoms with Crippen LogP contribution in [0.5, 0.6) is 0 Å². The number of hydrogen-bond donors (Lipinski definition) is 0. The average Bonchev–Trinajstić information content (AvgIpc) is 2.97. The van der Waals surface area contributed by atoms with E-state index < -0.39 is 36.5 Å². The summed E-state index contributed by atoms with van der Waals surface area (Å²) in [7, 11) is 1.69. The minimum absolute atomic E-state index is 0.0286. The monoisotopic (exact) mass is 605 g/mol. The van der Waals surface area contributed by atoms with Gasteiger partial charge in [0, 0.05) is 45.4 Å². The van der Waals surface area contributed by atoms with Crippen molar-refractivity contribution in [3.05, 3.63) is 11.4 Å². The molecule has 10 heteroatoms. The second-order valence-electron chi connectivity index (χ2n) is 13.7. The van der Waals surface area contributed by atoms with Crippen molar-refractivity contribution in [1.29, 1.82) is 0 Å². The van der Waals surface area contributed by atoms with Gasteiger partial charge in [-0.05, 0) is 63.2 Å². The minimum Gasteiger partial charge on any atom is -0.344 e. The molecule has 0 N–H and O–H groups in total. The maximum atomic E-state index is 14.0. The molecule has 4 nitrogen and oxygen atoms in total. The van der Waals surface area contributed by atoms with Gasteiger partial charge in [0.2, 0.25) is 11.4 Å². The maximum Gasteiger partial charge on any atom is 0.392 e. The van der Waals surface area contributed by atoms with Crippen LogP contribution < -0.4 is 0 Å². The number of likely N-dealkylation sites (N-methyl/N-ethyl adjacent to an activating group) is 1. The van der Waals surface area contributed by atoms with Crippen molar-refractivity contribution in [2.24, 2.45) is 29.6 Å². The highest BCUT2D eigenvalue weighted by atomic mass is 19.4. The van der Waals surface area contributed by atoms with Gasteiger partial charge < -0.3 is 9.74 Å². The molecule has 3 aliphatic carbocycles. The zero-order valence-corrected chi connectivity index (χ0v) is 25.1.